The maximum atomic E-state index is 4.47. The normalized spacial score (nSPS) is 8.00. The van der Waals surface area contributed by atoms with Crippen LogP contribution in [0, 0.1) is 0 Å². The molecule has 0 aromatic carbocycles. The molecular formula is C9H10N8O3. The van der Waals surface area contributed by atoms with Crippen molar-refractivity contribution in [1.29, 1.82) is 0 Å². The van der Waals surface area contributed by atoms with E-state index in [2.05, 4.69) is 54.6 Å². The molecule has 0 bridgehead atoms. The molecule has 1 N–H and O–H groups in total. The smallest absolute Gasteiger partial charge is 0.180 e. The Morgan fingerprint density at radius 1 is 0.900 bits per heavy atom. The highest BCUT2D eigenvalue weighted by atomic mass is 16.5. The molecule has 4 aromatic rings. The third-order valence-electron chi connectivity index (χ3n) is 1.25. The Morgan fingerprint density at radius 3 is 2.10 bits per heavy atom. The second kappa shape index (κ2) is 12.1. The van der Waals surface area contributed by atoms with Gasteiger partial charge in [0.05, 0.1) is 18.6 Å². The van der Waals surface area contributed by atoms with Gasteiger partial charge in [0.15, 0.2) is 6.39 Å². The molecule has 104 valence electrons. The van der Waals surface area contributed by atoms with E-state index >= 15 is 0 Å². The van der Waals surface area contributed by atoms with Crippen molar-refractivity contribution in [2.24, 2.45) is 0 Å². The molecule has 11 heteroatoms. The number of aromatic nitrogens is 8. The summed E-state index contributed by atoms with van der Waals surface area (Å²) in [6.07, 6.45) is 11.8. The van der Waals surface area contributed by atoms with Gasteiger partial charge in [0.1, 0.15) is 25.1 Å². The van der Waals surface area contributed by atoms with Crippen LogP contribution in [-0.2, 0) is 0 Å². The number of rotatable bonds is 0. The molecular weight excluding hydrogens is 268 g/mol. The lowest BCUT2D eigenvalue weighted by atomic mass is 10.8. The van der Waals surface area contributed by atoms with Crippen molar-refractivity contribution < 1.29 is 13.5 Å². The molecule has 0 aliphatic carbocycles. The Kier molecular flexibility index (Phi) is 8.89. The first-order chi connectivity index (χ1) is 10.0. The summed E-state index contributed by atoms with van der Waals surface area (Å²) in [5.74, 6) is 0. The number of tetrazole rings is 1. The molecule has 0 saturated carbocycles. The number of nitrogens with zero attached hydrogens (tertiary/aromatic N) is 7. The molecule has 0 amide bonds. The van der Waals surface area contributed by atoms with Gasteiger partial charge >= 0.3 is 0 Å². The van der Waals surface area contributed by atoms with Crippen LogP contribution in [0.5, 0.6) is 0 Å². The van der Waals surface area contributed by atoms with E-state index in [9.17, 15) is 0 Å². The van der Waals surface area contributed by atoms with E-state index in [0.29, 0.717) is 0 Å². The topological polar surface area (TPSA) is 145 Å². The largest absolute Gasteiger partial charge is 0.452 e. The summed E-state index contributed by atoms with van der Waals surface area (Å²) in [5.41, 5.74) is 0. The predicted molar refractivity (Wildman–Crippen MR) is 61.5 cm³/mol. The summed E-state index contributed by atoms with van der Waals surface area (Å²) in [4.78, 5) is 3.56. The molecule has 4 aromatic heterocycles. The van der Waals surface area contributed by atoms with Gasteiger partial charge in [0.2, 0.25) is 0 Å². The zero-order valence-electron chi connectivity index (χ0n) is 10.1. The highest BCUT2D eigenvalue weighted by Crippen LogP contribution is 1.72. The summed E-state index contributed by atoms with van der Waals surface area (Å²) in [6.45, 7) is 0. The predicted octanol–water partition coefficient (Wildman–Crippen LogP) is 0.618. The molecule has 0 aliphatic rings. The van der Waals surface area contributed by atoms with Crippen LogP contribution >= 0.6 is 0 Å². The van der Waals surface area contributed by atoms with E-state index in [-0.39, 0.29) is 0 Å². The maximum absolute atomic E-state index is 4.47. The first-order valence-corrected chi connectivity index (χ1v) is 5.04. The standard InChI is InChI=1S/2C3H3NO.C2H2N2O.CH2N4/c1-2-5-3-4-1;1-2-4-5-3-1;1-2-5-4-3-1;1-2-4-5-3-1/h2*1-3H;1-2H;1H,(H,2,3,4,5). The number of oxazole rings is 1. The quantitative estimate of drug-likeness (QED) is 0.485. The van der Waals surface area contributed by atoms with Crippen LogP contribution in [0.15, 0.2) is 69.6 Å². The number of H-pyrrole nitrogens is 1. The first kappa shape index (κ1) is 14.7. The van der Waals surface area contributed by atoms with Gasteiger partial charge < -0.3 is 13.5 Å². The van der Waals surface area contributed by atoms with E-state index < -0.39 is 0 Å². The maximum Gasteiger partial charge on any atom is 0.180 e. The SMILES string of the molecule is c1cnoc1.c1cocn1.c1conn1.c1nnn[nH]1. The van der Waals surface area contributed by atoms with Crippen LogP contribution in [0.3, 0.4) is 0 Å². The molecule has 0 aliphatic heterocycles. The Labute approximate surface area is 112 Å². The Bertz CT molecular complexity index is 360. The average molecular weight is 278 g/mol. The van der Waals surface area contributed by atoms with Crippen molar-refractivity contribution in [3.63, 3.8) is 0 Å². The van der Waals surface area contributed by atoms with Crippen molar-refractivity contribution >= 4 is 0 Å². The third kappa shape index (κ3) is 9.83. The molecule has 0 unspecified atom stereocenters. The molecule has 0 atom stereocenters. The molecule has 4 heterocycles. The lowest BCUT2D eigenvalue weighted by Gasteiger charge is -1.48. The minimum Gasteiger partial charge on any atom is -0.452 e. The van der Waals surface area contributed by atoms with Crippen LogP contribution in [0.1, 0.15) is 0 Å². The van der Waals surface area contributed by atoms with Gasteiger partial charge in [-0.05, 0) is 16.5 Å². The molecule has 0 spiro atoms. The summed E-state index contributed by atoms with van der Waals surface area (Å²) in [7, 11) is 0. The fourth-order valence-corrected chi connectivity index (χ4v) is 0.617. The molecule has 20 heavy (non-hydrogen) atoms. The van der Waals surface area contributed by atoms with Crippen molar-refractivity contribution in [3.05, 3.63) is 56.2 Å². The highest BCUT2D eigenvalue weighted by Gasteiger charge is 1.62. The van der Waals surface area contributed by atoms with Gasteiger partial charge in [-0.25, -0.2) is 10.1 Å². The number of hydrogen-bond donors (Lipinski definition) is 1. The average Bonchev–Trinajstić information content (AvgIpc) is 3.40. The van der Waals surface area contributed by atoms with Gasteiger partial charge in [-0.1, -0.05) is 5.16 Å². The first-order valence-electron chi connectivity index (χ1n) is 5.04. The van der Waals surface area contributed by atoms with E-state index in [1.165, 1.54) is 37.7 Å². The Hall–Kier alpha value is -3.37. The van der Waals surface area contributed by atoms with Gasteiger partial charge in [-0.2, -0.15) is 0 Å². The minimum absolute atomic E-state index is 1.38. The summed E-state index contributed by atoms with van der Waals surface area (Å²) >= 11 is 0. The van der Waals surface area contributed by atoms with E-state index in [4.69, 9.17) is 0 Å². The number of aromatic amines is 1. The lowest BCUT2D eigenvalue weighted by molar-refractivity contribution is 0.393. The van der Waals surface area contributed by atoms with Crippen LogP contribution < -0.4 is 0 Å². The van der Waals surface area contributed by atoms with Crippen molar-refractivity contribution in [2.75, 3.05) is 0 Å². The zero-order valence-corrected chi connectivity index (χ0v) is 10.1. The minimum atomic E-state index is 1.38. The van der Waals surface area contributed by atoms with Gasteiger partial charge in [-0.15, -0.1) is 10.2 Å². The summed E-state index contributed by atoms with van der Waals surface area (Å²) in [6, 6.07) is 1.72. The monoisotopic (exact) mass is 278 g/mol. The highest BCUT2D eigenvalue weighted by molar-refractivity contribution is 4.67. The van der Waals surface area contributed by atoms with Gasteiger partial charge in [-0.3, -0.25) is 0 Å². The summed E-state index contributed by atoms with van der Waals surface area (Å²) in [5, 5.41) is 21.8. The number of nitrogens with one attached hydrogen (secondary N) is 1. The Morgan fingerprint density at radius 2 is 1.90 bits per heavy atom. The lowest BCUT2D eigenvalue weighted by Crippen LogP contribution is -1.64. The van der Waals surface area contributed by atoms with Crippen LogP contribution in [0.4, 0.5) is 0 Å². The molecule has 0 saturated heterocycles. The van der Waals surface area contributed by atoms with Gasteiger partial charge in [0.25, 0.3) is 0 Å². The van der Waals surface area contributed by atoms with Crippen molar-refractivity contribution in [1.82, 2.24) is 41.1 Å². The zero-order chi connectivity index (χ0) is 14.1. The third-order valence-corrected chi connectivity index (χ3v) is 1.25. The van der Waals surface area contributed by atoms with Crippen molar-refractivity contribution in [2.45, 2.75) is 0 Å². The van der Waals surface area contributed by atoms with E-state index in [1.54, 1.807) is 18.5 Å². The summed E-state index contributed by atoms with van der Waals surface area (Å²) < 4.78 is 13.0. The number of hydrogen-bond acceptors (Lipinski definition) is 10. The fourth-order valence-electron chi connectivity index (χ4n) is 0.617. The van der Waals surface area contributed by atoms with E-state index in [1.807, 2.05) is 0 Å². The molecule has 11 nitrogen and oxygen atoms in total. The molecule has 4 rings (SSSR count). The second-order valence-electron chi connectivity index (χ2n) is 2.51. The Balaban J connectivity index is 0.000000133. The van der Waals surface area contributed by atoms with Crippen LogP contribution in [-0.4, -0.2) is 41.1 Å². The molecule has 0 fully saturated rings. The fraction of sp³-hybridized carbons (Fsp3) is 0. The van der Waals surface area contributed by atoms with Crippen molar-refractivity contribution in [3.8, 4) is 0 Å². The molecule has 0 radical (unpaired) electrons. The van der Waals surface area contributed by atoms with Gasteiger partial charge in [0, 0.05) is 5.27 Å². The second-order valence-corrected chi connectivity index (χ2v) is 2.51. The van der Waals surface area contributed by atoms with Crippen LogP contribution in [0.2, 0.25) is 0 Å². The van der Waals surface area contributed by atoms with E-state index in [0.717, 1.165) is 0 Å². The van der Waals surface area contributed by atoms with Crippen LogP contribution in [0.25, 0.3) is 0 Å².